The Morgan fingerprint density at radius 3 is 1.83 bits per heavy atom. The maximum Gasteiger partial charge on any atom is 0.389 e. The van der Waals surface area contributed by atoms with Crippen molar-refractivity contribution in [2.75, 3.05) is 13.2 Å². The van der Waals surface area contributed by atoms with Crippen LogP contribution in [0.5, 0.6) is 11.5 Å². The summed E-state index contributed by atoms with van der Waals surface area (Å²) in [4.78, 5) is 36.7. The van der Waals surface area contributed by atoms with Gasteiger partial charge in [-0.05, 0) is 86.3 Å². The molecule has 0 aliphatic rings. The molecule has 0 bridgehead atoms. The van der Waals surface area contributed by atoms with Crippen LogP contribution in [0, 0.1) is 0 Å². The number of halogens is 3. The van der Waals surface area contributed by atoms with Gasteiger partial charge in [0.25, 0.3) is 0 Å². The zero-order valence-electron chi connectivity index (χ0n) is 26.5. The van der Waals surface area contributed by atoms with E-state index in [1.165, 1.54) is 0 Å². The molecule has 0 saturated heterocycles. The molecule has 0 unspecified atom stereocenters. The Bertz CT molecular complexity index is 1400. The number of unbranched alkanes of at least 4 members (excludes halogenated alkanes) is 3. The van der Waals surface area contributed by atoms with Gasteiger partial charge in [-0.1, -0.05) is 50.5 Å². The summed E-state index contributed by atoms with van der Waals surface area (Å²) >= 11 is 0. The van der Waals surface area contributed by atoms with Crippen molar-refractivity contribution in [3.8, 4) is 22.6 Å². The molecule has 3 aromatic rings. The Kier molecular flexibility index (Phi) is 13.7. The summed E-state index contributed by atoms with van der Waals surface area (Å²) in [5, 5.41) is 0. The van der Waals surface area contributed by atoms with E-state index in [1.807, 2.05) is 26.0 Å². The minimum Gasteiger partial charge on any atom is -0.493 e. The lowest BCUT2D eigenvalue weighted by molar-refractivity contribution is -0.157. The van der Waals surface area contributed by atoms with Gasteiger partial charge < -0.3 is 18.9 Å². The van der Waals surface area contributed by atoms with Gasteiger partial charge >= 0.3 is 24.1 Å². The lowest BCUT2D eigenvalue weighted by Crippen LogP contribution is -2.28. The van der Waals surface area contributed by atoms with Crippen molar-refractivity contribution in [3.05, 3.63) is 83.9 Å². The first-order valence-corrected chi connectivity index (χ1v) is 15.5. The predicted octanol–water partition coefficient (Wildman–Crippen LogP) is 9.13. The van der Waals surface area contributed by atoms with Crippen LogP contribution in [0.1, 0.15) is 92.9 Å². The minimum atomic E-state index is -4.39. The van der Waals surface area contributed by atoms with Crippen LogP contribution in [-0.4, -0.2) is 42.9 Å². The smallest absolute Gasteiger partial charge is 0.389 e. The molecule has 0 heterocycles. The molecule has 0 atom stereocenters. The second-order valence-electron chi connectivity index (χ2n) is 11.5. The first-order chi connectivity index (χ1) is 21.8. The van der Waals surface area contributed by atoms with Crippen molar-refractivity contribution < 1.29 is 46.5 Å². The Morgan fingerprint density at radius 1 is 0.652 bits per heavy atom. The lowest BCUT2D eigenvalue weighted by atomic mass is 10.00. The molecule has 0 spiro atoms. The minimum absolute atomic E-state index is 0.0265. The van der Waals surface area contributed by atoms with E-state index in [0.29, 0.717) is 29.0 Å². The molecule has 0 amide bonds. The van der Waals surface area contributed by atoms with Crippen molar-refractivity contribution in [1.29, 1.82) is 0 Å². The topological polar surface area (TPSA) is 88.1 Å². The quantitative estimate of drug-likeness (QED) is 0.0824. The largest absolute Gasteiger partial charge is 0.493 e. The Labute approximate surface area is 268 Å². The number of carbonyl (C=O) groups excluding carboxylic acids is 3. The summed E-state index contributed by atoms with van der Waals surface area (Å²) in [6.07, 6.45) is -0.740. The molecular weight excluding hydrogens is 601 g/mol. The van der Waals surface area contributed by atoms with E-state index in [9.17, 15) is 27.6 Å². The maximum absolute atomic E-state index is 12.7. The lowest BCUT2D eigenvalue weighted by Gasteiger charge is -2.25. The summed E-state index contributed by atoms with van der Waals surface area (Å²) < 4.78 is 58.0. The molecule has 3 rings (SSSR count). The number of esters is 3. The summed E-state index contributed by atoms with van der Waals surface area (Å²) in [6.45, 7) is 6.18. The van der Waals surface area contributed by atoms with E-state index in [0.717, 1.165) is 43.2 Å². The standard InChI is InChI=1S/C36H41F3O7/c1-4-5-6-7-22-35(2,3)46-34(42)29-15-19-31(20-16-29)45-33(41)28-11-9-26(10-12-28)27-13-17-30(18-14-27)43-24-8-25-44-32(40)21-23-36(37,38)39/h9-20H,4-8,21-25H2,1-3H3. The monoisotopic (exact) mass is 642 g/mol. The zero-order chi connectivity index (χ0) is 33.6. The first-order valence-electron chi connectivity index (χ1n) is 15.5. The Hall–Kier alpha value is -4.34. The highest BCUT2D eigenvalue weighted by molar-refractivity contribution is 5.92. The van der Waals surface area contributed by atoms with E-state index in [1.54, 1.807) is 60.7 Å². The third-order valence-electron chi connectivity index (χ3n) is 7.04. The van der Waals surface area contributed by atoms with E-state index in [4.69, 9.17) is 18.9 Å². The number of hydrogen-bond acceptors (Lipinski definition) is 7. The van der Waals surface area contributed by atoms with Crippen LogP contribution in [0.4, 0.5) is 13.2 Å². The second kappa shape index (κ2) is 17.4. The zero-order valence-corrected chi connectivity index (χ0v) is 26.5. The molecule has 3 aromatic carbocycles. The third kappa shape index (κ3) is 12.9. The SMILES string of the molecule is CCCCCCC(C)(C)OC(=O)c1ccc(OC(=O)c2ccc(-c3ccc(OCCCOC(=O)CCC(F)(F)F)cc3)cc2)cc1. The average Bonchev–Trinajstić information content (AvgIpc) is 3.02. The molecular formula is C36H41F3O7. The molecule has 7 nitrogen and oxygen atoms in total. The van der Waals surface area contributed by atoms with Crippen molar-refractivity contribution in [2.45, 2.75) is 83.9 Å². The van der Waals surface area contributed by atoms with Gasteiger partial charge in [-0.3, -0.25) is 4.79 Å². The van der Waals surface area contributed by atoms with Crippen LogP contribution in [0.2, 0.25) is 0 Å². The van der Waals surface area contributed by atoms with Crippen LogP contribution in [0.25, 0.3) is 11.1 Å². The van der Waals surface area contributed by atoms with Gasteiger partial charge in [-0.2, -0.15) is 13.2 Å². The molecule has 0 aliphatic heterocycles. The van der Waals surface area contributed by atoms with Crippen molar-refractivity contribution in [1.82, 2.24) is 0 Å². The highest BCUT2D eigenvalue weighted by atomic mass is 19.4. The molecule has 0 aromatic heterocycles. The molecule has 0 saturated carbocycles. The van der Waals surface area contributed by atoms with Crippen LogP contribution in [-0.2, 0) is 14.3 Å². The summed E-state index contributed by atoms with van der Waals surface area (Å²) in [5.74, 6) is -0.957. The molecule has 248 valence electrons. The summed E-state index contributed by atoms with van der Waals surface area (Å²) in [5.41, 5.74) is 1.93. The molecule has 46 heavy (non-hydrogen) atoms. The number of carbonyl (C=O) groups is 3. The van der Waals surface area contributed by atoms with Gasteiger partial charge in [0.2, 0.25) is 0 Å². The van der Waals surface area contributed by atoms with E-state index >= 15 is 0 Å². The van der Waals surface area contributed by atoms with Crippen molar-refractivity contribution in [3.63, 3.8) is 0 Å². The average molecular weight is 643 g/mol. The maximum atomic E-state index is 12.7. The van der Waals surface area contributed by atoms with Gasteiger partial charge in [0, 0.05) is 6.42 Å². The second-order valence-corrected chi connectivity index (χ2v) is 11.5. The molecule has 0 N–H and O–H groups in total. The van der Waals surface area contributed by atoms with Gasteiger partial charge in [0.1, 0.15) is 17.1 Å². The van der Waals surface area contributed by atoms with Crippen LogP contribution in [0.3, 0.4) is 0 Å². The van der Waals surface area contributed by atoms with Crippen LogP contribution in [0.15, 0.2) is 72.8 Å². The van der Waals surface area contributed by atoms with E-state index in [-0.39, 0.29) is 13.2 Å². The number of hydrogen-bond donors (Lipinski definition) is 0. The third-order valence-corrected chi connectivity index (χ3v) is 7.04. The fraction of sp³-hybridized carbons (Fsp3) is 0.417. The van der Waals surface area contributed by atoms with E-state index < -0.39 is 42.5 Å². The van der Waals surface area contributed by atoms with Crippen LogP contribution < -0.4 is 9.47 Å². The number of alkyl halides is 3. The van der Waals surface area contributed by atoms with Crippen molar-refractivity contribution in [2.24, 2.45) is 0 Å². The number of benzene rings is 3. The number of ether oxygens (including phenoxy) is 4. The van der Waals surface area contributed by atoms with Gasteiger partial charge in [0.15, 0.2) is 0 Å². The van der Waals surface area contributed by atoms with Gasteiger partial charge in [-0.25, -0.2) is 9.59 Å². The van der Waals surface area contributed by atoms with Crippen LogP contribution >= 0.6 is 0 Å². The number of rotatable bonds is 17. The fourth-order valence-electron chi connectivity index (χ4n) is 4.46. The van der Waals surface area contributed by atoms with Gasteiger partial charge in [-0.15, -0.1) is 0 Å². The Morgan fingerprint density at radius 2 is 1.22 bits per heavy atom. The van der Waals surface area contributed by atoms with Crippen molar-refractivity contribution >= 4 is 17.9 Å². The molecule has 10 heteroatoms. The normalized spacial score (nSPS) is 11.5. The molecule has 0 radical (unpaired) electrons. The summed E-state index contributed by atoms with van der Waals surface area (Å²) in [7, 11) is 0. The van der Waals surface area contributed by atoms with E-state index in [2.05, 4.69) is 6.92 Å². The fourth-order valence-corrected chi connectivity index (χ4v) is 4.46. The first kappa shape index (κ1) is 36.1. The molecule has 0 fully saturated rings. The van der Waals surface area contributed by atoms with Gasteiger partial charge in [0.05, 0.1) is 37.2 Å². The highest BCUT2D eigenvalue weighted by Crippen LogP contribution is 2.25. The summed E-state index contributed by atoms with van der Waals surface area (Å²) in [6, 6.07) is 20.4. The molecule has 0 aliphatic carbocycles. The highest BCUT2D eigenvalue weighted by Gasteiger charge is 2.28. The Balaban J connectivity index is 1.43. The predicted molar refractivity (Wildman–Crippen MR) is 168 cm³/mol.